The molecule has 0 radical (unpaired) electrons. The van der Waals surface area contributed by atoms with Crippen molar-refractivity contribution in [2.75, 3.05) is 0 Å². The quantitative estimate of drug-likeness (QED) is 0.361. The molecule has 0 aliphatic rings. The molecule has 0 amide bonds. The second-order valence-electron chi connectivity index (χ2n) is 8.54. The Labute approximate surface area is 201 Å². The molecule has 2 aromatic carbocycles. The maximum atomic E-state index is 8.82. The van der Waals surface area contributed by atoms with Crippen LogP contribution in [0.1, 0.15) is 35.6 Å². The first-order valence-corrected chi connectivity index (χ1v) is 11.6. The number of aromatic nitrogens is 4. The molecule has 0 spiro atoms. The summed E-state index contributed by atoms with van der Waals surface area (Å²) in [7, 11) is 0. The summed E-state index contributed by atoms with van der Waals surface area (Å²) in [6.07, 6.45) is 9.30. The molecule has 2 aromatic heterocycles. The van der Waals surface area contributed by atoms with Crippen LogP contribution in [0.25, 0.3) is 11.1 Å². The van der Waals surface area contributed by atoms with E-state index in [4.69, 9.17) is 10.5 Å². The molecule has 0 saturated carbocycles. The van der Waals surface area contributed by atoms with Crippen molar-refractivity contribution in [2.24, 2.45) is 0 Å². The summed E-state index contributed by atoms with van der Waals surface area (Å²) >= 11 is 0. The average molecular weight is 451 g/mol. The predicted molar refractivity (Wildman–Crippen MR) is 129 cm³/mol. The van der Waals surface area contributed by atoms with E-state index in [1.807, 2.05) is 12.4 Å². The van der Waals surface area contributed by atoms with Crippen LogP contribution in [0.3, 0.4) is 0 Å². The molecule has 0 unspecified atom stereocenters. The lowest BCUT2D eigenvalue weighted by Gasteiger charge is -2.06. The van der Waals surface area contributed by atoms with Crippen molar-refractivity contribution in [1.29, 1.82) is 10.5 Å². The lowest BCUT2D eigenvalue weighted by molar-refractivity contribution is -0.694. The van der Waals surface area contributed by atoms with E-state index in [0.717, 1.165) is 37.8 Å². The van der Waals surface area contributed by atoms with E-state index in [-0.39, 0.29) is 0 Å². The standard InChI is InChI=1S/C28H30N6/c1-23-31(15-3-13-29)17-19-33(23)21-25-5-9-27(10-6-25)28-11-7-26(8-12-28)22-34-20-18-32(24(34)2)16-4-14-30/h5-12,17-20H,3-4,15-16,21-22H2,1-2H3/q+2. The third-order valence-electron chi connectivity index (χ3n) is 6.39. The van der Waals surface area contributed by atoms with E-state index in [2.05, 4.69) is 105 Å². The monoisotopic (exact) mass is 450 g/mol. The molecule has 0 N–H and O–H groups in total. The second kappa shape index (κ2) is 10.6. The maximum absolute atomic E-state index is 8.82. The lowest BCUT2D eigenvalue weighted by atomic mass is 10.0. The van der Waals surface area contributed by atoms with Crippen molar-refractivity contribution < 1.29 is 9.13 Å². The third kappa shape index (κ3) is 5.24. The van der Waals surface area contributed by atoms with Gasteiger partial charge in [-0.1, -0.05) is 48.5 Å². The molecule has 2 heterocycles. The Kier molecular flexibility index (Phi) is 7.20. The van der Waals surface area contributed by atoms with Gasteiger partial charge in [0.05, 0.1) is 25.0 Å². The first-order valence-electron chi connectivity index (χ1n) is 11.6. The van der Waals surface area contributed by atoms with Crippen LogP contribution in [0.2, 0.25) is 0 Å². The highest BCUT2D eigenvalue weighted by Gasteiger charge is 2.13. The molecule has 0 aliphatic heterocycles. The van der Waals surface area contributed by atoms with Gasteiger partial charge in [-0.2, -0.15) is 10.5 Å². The Morgan fingerprint density at radius 2 is 1.03 bits per heavy atom. The molecule has 0 aliphatic carbocycles. The summed E-state index contributed by atoms with van der Waals surface area (Å²) in [5, 5.41) is 17.6. The third-order valence-corrected chi connectivity index (χ3v) is 6.39. The predicted octanol–water partition coefficient (Wildman–Crippen LogP) is 4.07. The Hall–Kier alpha value is -4.16. The molecule has 0 saturated heterocycles. The van der Waals surface area contributed by atoms with Crippen LogP contribution in [0.4, 0.5) is 0 Å². The van der Waals surface area contributed by atoms with Gasteiger partial charge >= 0.3 is 0 Å². The zero-order valence-electron chi connectivity index (χ0n) is 19.9. The highest BCUT2D eigenvalue weighted by Crippen LogP contribution is 2.20. The SMILES string of the molecule is Cc1n(CCC#N)cc[n+]1Cc1ccc(-c2ccc(C[n+]3ccn(CCC#N)c3C)cc2)cc1. The van der Waals surface area contributed by atoms with Crippen molar-refractivity contribution in [3.8, 4) is 23.3 Å². The average Bonchev–Trinajstić information content (AvgIpc) is 3.39. The van der Waals surface area contributed by atoms with Crippen LogP contribution >= 0.6 is 0 Å². The minimum Gasteiger partial charge on any atom is -0.233 e. The van der Waals surface area contributed by atoms with Crippen molar-refractivity contribution in [3.05, 3.63) is 96.1 Å². The van der Waals surface area contributed by atoms with Crippen molar-refractivity contribution in [2.45, 2.75) is 52.9 Å². The van der Waals surface area contributed by atoms with Gasteiger partial charge in [0.2, 0.25) is 0 Å². The van der Waals surface area contributed by atoms with Crippen LogP contribution in [0.15, 0.2) is 73.3 Å². The van der Waals surface area contributed by atoms with E-state index in [9.17, 15) is 0 Å². The van der Waals surface area contributed by atoms with Crippen molar-refractivity contribution in [1.82, 2.24) is 9.13 Å². The molecule has 4 rings (SSSR count). The molecule has 0 atom stereocenters. The summed E-state index contributed by atoms with van der Waals surface area (Å²) in [6, 6.07) is 21.9. The molecular formula is C28H30N6+2. The summed E-state index contributed by atoms with van der Waals surface area (Å²) in [5.74, 6) is 2.31. The Morgan fingerprint density at radius 3 is 1.38 bits per heavy atom. The Balaban J connectivity index is 1.40. The van der Waals surface area contributed by atoms with Gasteiger partial charge in [0.15, 0.2) is 0 Å². The number of hydrogen-bond acceptors (Lipinski definition) is 2. The van der Waals surface area contributed by atoms with E-state index in [1.165, 1.54) is 22.3 Å². The second-order valence-corrected chi connectivity index (χ2v) is 8.54. The van der Waals surface area contributed by atoms with Crippen LogP contribution in [0, 0.1) is 36.5 Å². The number of imidazole rings is 2. The van der Waals surface area contributed by atoms with Crippen LogP contribution in [0.5, 0.6) is 0 Å². The zero-order valence-corrected chi connectivity index (χ0v) is 19.9. The van der Waals surface area contributed by atoms with Gasteiger partial charge in [-0.25, -0.2) is 18.3 Å². The Morgan fingerprint density at radius 1 is 0.647 bits per heavy atom. The Bertz CT molecular complexity index is 1220. The van der Waals surface area contributed by atoms with Gasteiger partial charge in [-0.15, -0.1) is 0 Å². The van der Waals surface area contributed by atoms with E-state index in [0.29, 0.717) is 12.8 Å². The van der Waals surface area contributed by atoms with Gasteiger partial charge in [-0.05, 0) is 22.3 Å². The minimum absolute atomic E-state index is 0.524. The van der Waals surface area contributed by atoms with Crippen LogP contribution < -0.4 is 9.13 Å². The largest absolute Gasteiger partial charge is 0.253 e. The minimum atomic E-state index is 0.524. The fourth-order valence-corrected chi connectivity index (χ4v) is 4.23. The van der Waals surface area contributed by atoms with Crippen LogP contribution in [-0.2, 0) is 26.2 Å². The number of hydrogen-bond donors (Lipinski definition) is 0. The van der Waals surface area contributed by atoms with Gasteiger partial charge < -0.3 is 0 Å². The molecule has 0 fully saturated rings. The molecule has 0 bridgehead atoms. The summed E-state index contributed by atoms with van der Waals surface area (Å²) in [5.41, 5.74) is 4.91. The van der Waals surface area contributed by atoms with E-state index < -0.39 is 0 Å². The molecule has 34 heavy (non-hydrogen) atoms. The molecule has 6 heteroatoms. The number of benzene rings is 2. The maximum Gasteiger partial charge on any atom is 0.253 e. The molecule has 6 nitrogen and oxygen atoms in total. The fourth-order valence-electron chi connectivity index (χ4n) is 4.23. The first-order chi connectivity index (χ1) is 16.6. The van der Waals surface area contributed by atoms with Gasteiger partial charge in [-0.3, -0.25) is 0 Å². The number of aryl methyl sites for hydroxylation is 2. The fraction of sp³-hybridized carbons (Fsp3) is 0.286. The smallest absolute Gasteiger partial charge is 0.233 e. The first kappa shape index (κ1) is 23.0. The van der Waals surface area contributed by atoms with Gasteiger partial charge in [0.1, 0.15) is 51.0 Å². The topological polar surface area (TPSA) is 65.2 Å². The summed E-state index contributed by atoms with van der Waals surface area (Å²) < 4.78 is 8.68. The summed E-state index contributed by atoms with van der Waals surface area (Å²) in [4.78, 5) is 0. The molecular weight excluding hydrogens is 420 g/mol. The molecule has 170 valence electrons. The summed E-state index contributed by atoms with van der Waals surface area (Å²) in [6.45, 7) is 7.28. The van der Waals surface area contributed by atoms with E-state index in [1.54, 1.807) is 0 Å². The van der Waals surface area contributed by atoms with Crippen molar-refractivity contribution in [3.63, 3.8) is 0 Å². The van der Waals surface area contributed by atoms with Gasteiger partial charge in [0, 0.05) is 13.8 Å². The van der Waals surface area contributed by atoms with Gasteiger partial charge in [0.25, 0.3) is 11.6 Å². The number of rotatable bonds is 9. The number of nitrogens with zero attached hydrogens (tertiary/aromatic N) is 6. The van der Waals surface area contributed by atoms with E-state index >= 15 is 0 Å². The molecule has 4 aromatic rings. The highest BCUT2D eigenvalue weighted by atomic mass is 15.1. The normalized spacial score (nSPS) is 10.7. The lowest BCUT2D eigenvalue weighted by Crippen LogP contribution is -2.36. The van der Waals surface area contributed by atoms with Crippen LogP contribution in [-0.4, -0.2) is 9.13 Å². The number of nitriles is 2. The van der Waals surface area contributed by atoms with Crippen molar-refractivity contribution >= 4 is 0 Å². The zero-order chi connectivity index (χ0) is 23.9. The highest BCUT2D eigenvalue weighted by molar-refractivity contribution is 5.63.